The van der Waals surface area contributed by atoms with Gasteiger partial charge in [-0.05, 0) is 37.0 Å². The van der Waals surface area contributed by atoms with Gasteiger partial charge in [-0.2, -0.15) is 0 Å². The molecule has 0 saturated carbocycles. The lowest BCUT2D eigenvalue weighted by Crippen LogP contribution is -2.56. The van der Waals surface area contributed by atoms with Gasteiger partial charge in [0.2, 0.25) is 0 Å². The van der Waals surface area contributed by atoms with Crippen molar-refractivity contribution in [3.63, 3.8) is 0 Å². The number of urea groups is 1. The molecule has 1 aromatic carbocycles. The van der Waals surface area contributed by atoms with Gasteiger partial charge in [-0.1, -0.05) is 12.1 Å². The molecule has 0 atom stereocenters. The average Bonchev–Trinajstić information content (AvgIpc) is 3.32. The number of hydrogen-bond acceptors (Lipinski definition) is 6. The molecule has 2 aliphatic heterocycles. The SMILES string of the molecule is COc1ccc(CCN2C(=O)N(C)C(=O)C23CCN(Cc2nccs2)CC3)cc1. The van der Waals surface area contributed by atoms with Gasteiger partial charge in [0.1, 0.15) is 16.3 Å². The molecule has 1 aromatic heterocycles. The molecule has 2 aliphatic rings. The first-order valence-corrected chi connectivity index (χ1v) is 10.7. The van der Waals surface area contributed by atoms with Crippen molar-refractivity contribution in [2.45, 2.75) is 31.3 Å². The molecule has 0 aliphatic carbocycles. The molecule has 3 heterocycles. The van der Waals surface area contributed by atoms with Crippen LogP contribution in [-0.4, -0.2) is 71.0 Å². The highest BCUT2D eigenvalue weighted by Gasteiger charge is 2.56. The van der Waals surface area contributed by atoms with Crippen LogP contribution in [-0.2, 0) is 17.8 Å². The summed E-state index contributed by atoms with van der Waals surface area (Å²) in [7, 11) is 3.24. The first-order chi connectivity index (χ1) is 14.0. The maximum absolute atomic E-state index is 13.0. The Kier molecular flexibility index (Phi) is 5.56. The Morgan fingerprint density at radius 1 is 1.17 bits per heavy atom. The molecule has 154 valence electrons. The highest BCUT2D eigenvalue weighted by atomic mass is 32.1. The van der Waals surface area contributed by atoms with Crippen LogP contribution < -0.4 is 4.74 Å². The number of carbonyl (C=O) groups excluding carboxylic acids is 2. The Morgan fingerprint density at radius 3 is 2.52 bits per heavy atom. The maximum atomic E-state index is 13.0. The van der Waals surface area contributed by atoms with Crippen LogP contribution in [0.3, 0.4) is 0 Å². The van der Waals surface area contributed by atoms with E-state index in [0.717, 1.165) is 36.0 Å². The number of imide groups is 1. The number of amides is 3. The Balaban J connectivity index is 1.45. The quantitative estimate of drug-likeness (QED) is 0.680. The molecule has 0 bridgehead atoms. The normalized spacial score (nSPS) is 19.4. The number of aromatic nitrogens is 1. The van der Waals surface area contributed by atoms with Crippen LogP contribution in [0.2, 0.25) is 0 Å². The number of benzene rings is 1. The van der Waals surface area contributed by atoms with E-state index in [-0.39, 0.29) is 11.9 Å². The van der Waals surface area contributed by atoms with Crippen molar-refractivity contribution in [2.75, 3.05) is 33.8 Å². The fourth-order valence-electron chi connectivity index (χ4n) is 4.31. The van der Waals surface area contributed by atoms with Crippen LogP contribution in [0.15, 0.2) is 35.8 Å². The zero-order valence-electron chi connectivity index (χ0n) is 16.8. The van der Waals surface area contributed by atoms with Crippen LogP contribution >= 0.6 is 11.3 Å². The summed E-state index contributed by atoms with van der Waals surface area (Å²) in [5, 5.41) is 3.07. The number of ether oxygens (including phenoxy) is 1. The fourth-order valence-corrected chi connectivity index (χ4v) is 4.97. The summed E-state index contributed by atoms with van der Waals surface area (Å²) < 4.78 is 5.21. The van der Waals surface area contributed by atoms with Crippen molar-refractivity contribution in [1.29, 1.82) is 0 Å². The number of methoxy groups -OCH3 is 1. The molecule has 0 unspecified atom stereocenters. The number of thiazole rings is 1. The van der Waals surface area contributed by atoms with Crippen molar-refractivity contribution in [3.8, 4) is 5.75 Å². The number of rotatable bonds is 6. The Hall–Kier alpha value is -2.45. The first kappa shape index (κ1) is 19.8. The van der Waals surface area contributed by atoms with Gasteiger partial charge in [0, 0.05) is 38.3 Å². The predicted octanol–water partition coefficient (Wildman–Crippen LogP) is 2.62. The molecule has 4 rings (SSSR count). The monoisotopic (exact) mass is 414 g/mol. The molecular formula is C21H26N4O3S. The Bertz CT molecular complexity index is 861. The highest BCUT2D eigenvalue weighted by Crippen LogP contribution is 2.37. The summed E-state index contributed by atoms with van der Waals surface area (Å²) in [5.41, 5.74) is 0.412. The van der Waals surface area contributed by atoms with Gasteiger partial charge in [-0.15, -0.1) is 11.3 Å². The fraction of sp³-hybridized carbons (Fsp3) is 0.476. The topological polar surface area (TPSA) is 66.0 Å². The Morgan fingerprint density at radius 2 is 1.90 bits per heavy atom. The summed E-state index contributed by atoms with van der Waals surface area (Å²) in [6.45, 7) is 2.91. The second-order valence-corrected chi connectivity index (χ2v) is 8.61. The van der Waals surface area contributed by atoms with Crippen molar-refractivity contribution in [1.82, 2.24) is 19.7 Å². The van der Waals surface area contributed by atoms with E-state index in [2.05, 4.69) is 9.88 Å². The Labute approximate surface area is 174 Å². The minimum atomic E-state index is -0.711. The van der Waals surface area contributed by atoms with Crippen molar-refractivity contribution >= 4 is 23.3 Å². The van der Waals surface area contributed by atoms with Gasteiger partial charge in [-0.3, -0.25) is 14.6 Å². The largest absolute Gasteiger partial charge is 0.497 e. The molecule has 1 spiro atoms. The van der Waals surface area contributed by atoms with Crippen molar-refractivity contribution < 1.29 is 14.3 Å². The lowest BCUT2D eigenvalue weighted by molar-refractivity contribution is -0.134. The molecule has 8 heteroatoms. The number of piperidine rings is 1. The predicted molar refractivity (Wildman–Crippen MR) is 111 cm³/mol. The molecule has 3 amide bonds. The average molecular weight is 415 g/mol. The van der Waals surface area contributed by atoms with Crippen molar-refractivity contribution in [2.24, 2.45) is 0 Å². The second kappa shape index (κ2) is 8.12. The van der Waals surface area contributed by atoms with E-state index < -0.39 is 5.54 Å². The summed E-state index contributed by atoms with van der Waals surface area (Å²) in [6.07, 6.45) is 3.85. The lowest BCUT2D eigenvalue weighted by Gasteiger charge is -2.42. The summed E-state index contributed by atoms with van der Waals surface area (Å²) in [4.78, 5) is 35.7. The van der Waals surface area contributed by atoms with Gasteiger partial charge in [-0.25, -0.2) is 9.78 Å². The minimum absolute atomic E-state index is 0.0638. The summed E-state index contributed by atoms with van der Waals surface area (Å²) in [5.74, 6) is 0.746. The number of likely N-dealkylation sites (N-methyl/N-ethyl adjacent to an activating group) is 1. The molecule has 2 aromatic rings. The van der Waals surface area contributed by atoms with Crippen LogP contribution in [0, 0.1) is 0 Å². The van der Waals surface area contributed by atoms with Crippen LogP contribution in [0.25, 0.3) is 0 Å². The molecule has 7 nitrogen and oxygen atoms in total. The van der Waals surface area contributed by atoms with Crippen LogP contribution in [0.4, 0.5) is 4.79 Å². The van der Waals surface area contributed by atoms with Crippen LogP contribution in [0.5, 0.6) is 5.75 Å². The van der Waals surface area contributed by atoms with E-state index in [1.54, 1.807) is 30.4 Å². The van der Waals surface area contributed by atoms with E-state index >= 15 is 0 Å². The molecule has 29 heavy (non-hydrogen) atoms. The van der Waals surface area contributed by atoms with E-state index in [0.29, 0.717) is 25.8 Å². The van der Waals surface area contributed by atoms with E-state index in [1.807, 2.05) is 35.8 Å². The van der Waals surface area contributed by atoms with Crippen LogP contribution in [0.1, 0.15) is 23.4 Å². The summed E-state index contributed by atoms with van der Waals surface area (Å²) in [6, 6.07) is 7.68. The van der Waals surface area contributed by atoms with E-state index in [1.165, 1.54) is 4.90 Å². The molecular weight excluding hydrogens is 388 g/mol. The zero-order chi connectivity index (χ0) is 20.4. The smallest absolute Gasteiger partial charge is 0.327 e. The third kappa shape index (κ3) is 3.74. The molecule has 0 N–H and O–H groups in total. The number of hydrogen-bond donors (Lipinski definition) is 0. The molecule has 2 fully saturated rings. The first-order valence-electron chi connectivity index (χ1n) is 9.87. The standard InChI is InChI=1S/C21H26N4O3S/c1-23-19(26)21(8-12-24(13-9-21)15-18-22-10-14-29-18)25(20(23)27)11-7-16-3-5-17(28-2)6-4-16/h3-6,10,14H,7-9,11-13,15H2,1-2H3. The van der Waals surface area contributed by atoms with Gasteiger partial charge in [0.15, 0.2) is 0 Å². The number of nitrogens with zero attached hydrogens (tertiary/aromatic N) is 4. The number of likely N-dealkylation sites (tertiary alicyclic amines) is 1. The van der Waals surface area contributed by atoms with Crippen molar-refractivity contribution in [3.05, 3.63) is 46.4 Å². The maximum Gasteiger partial charge on any atom is 0.327 e. The van der Waals surface area contributed by atoms with Gasteiger partial charge in [0.25, 0.3) is 5.91 Å². The minimum Gasteiger partial charge on any atom is -0.497 e. The number of carbonyl (C=O) groups is 2. The highest BCUT2D eigenvalue weighted by molar-refractivity contribution is 7.09. The second-order valence-electron chi connectivity index (χ2n) is 7.63. The zero-order valence-corrected chi connectivity index (χ0v) is 17.7. The third-order valence-corrected chi connectivity index (χ3v) is 6.81. The van der Waals surface area contributed by atoms with Gasteiger partial charge in [0.05, 0.1) is 13.7 Å². The summed E-state index contributed by atoms with van der Waals surface area (Å²) >= 11 is 1.65. The van der Waals surface area contributed by atoms with Gasteiger partial charge < -0.3 is 9.64 Å². The molecule has 2 saturated heterocycles. The van der Waals surface area contributed by atoms with E-state index in [9.17, 15) is 9.59 Å². The van der Waals surface area contributed by atoms with Gasteiger partial charge >= 0.3 is 6.03 Å². The van der Waals surface area contributed by atoms with E-state index in [4.69, 9.17) is 4.74 Å². The molecule has 0 radical (unpaired) electrons. The lowest BCUT2D eigenvalue weighted by atomic mass is 9.85. The third-order valence-electron chi connectivity index (χ3n) is 6.05.